The van der Waals surface area contributed by atoms with E-state index in [0.29, 0.717) is 11.5 Å². The van der Waals surface area contributed by atoms with Crippen LogP contribution in [0.15, 0.2) is 21.0 Å². The maximum absolute atomic E-state index is 4.34. The molecule has 0 heterocycles. The Labute approximate surface area is 940 Å². The molecule has 0 aromatic carbocycles. The van der Waals surface area contributed by atoms with E-state index in [1.54, 1.807) is 0 Å². The first kappa shape index (κ1) is 178. The molecule has 4 unspecified atom stereocenters. The fourth-order valence-electron chi connectivity index (χ4n) is 18.0. The first-order chi connectivity index (χ1) is 58.4. The van der Waals surface area contributed by atoms with Gasteiger partial charge in [-0.15, -0.1) is 0 Å². The third kappa shape index (κ3) is 117. The molecule has 0 spiro atoms. The monoisotopic (exact) mass is 2430 g/mol. The van der Waals surface area contributed by atoms with E-state index in [4.69, 9.17) is 0 Å². The second-order valence-electron chi connectivity index (χ2n) is 46.4. The molecule has 136 heavy (non-hydrogen) atoms. The molecular formula is C124H264Mo6N6-12. The zero-order valence-corrected chi connectivity index (χ0v) is 114. The molecule has 13 saturated carbocycles. The zero-order chi connectivity index (χ0) is 95.3. The average molecular weight is 2420 g/mol. The molecule has 0 N–H and O–H groups in total. The summed E-state index contributed by atoms with van der Waals surface area (Å²) in [6.45, 7) is 69.9. The minimum absolute atomic E-state index is 0. The quantitative estimate of drug-likeness (QED) is 0.0969. The van der Waals surface area contributed by atoms with Crippen LogP contribution in [0.1, 0.15) is 600 Å². The fourth-order valence-corrected chi connectivity index (χ4v) is 20.7. The van der Waals surface area contributed by atoms with Crippen molar-refractivity contribution in [2.45, 2.75) is 633 Å². The molecule has 0 aliphatic heterocycles. The van der Waals surface area contributed by atoms with Crippen LogP contribution in [-0.2, 0) is 118 Å². The van der Waals surface area contributed by atoms with Crippen LogP contribution >= 0.6 is 0 Å². The van der Waals surface area contributed by atoms with Crippen LogP contribution in [0.4, 0.5) is 0 Å². The van der Waals surface area contributed by atoms with Crippen molar-refractivity contribution in [3.8, 4) is 0 Å². The number of rotatable bonds is 18. The molecular weight excluding hydrogens is 2150 g/mol. The largest absolute Gasteiger partial charge is 0.358 e. The maximum Gasteiger partial charge on any atom is -0.358 e. The van der Waals surface area contributed by atoms with E-state index in [9.17, 15) is 0 Å². The molecule has 0 radical (unpaired) electrons. The van der Waals surface area contributed by atoms with E-state index in [1.165, 1.54) is 385 Å². The Morgan fingerprint density at radius 2 is 0.426 bits per heavy atom. The van der Waals surface area contributed by atoms with Crippen molar-refractivity contribution in [2.75, 3.05) is 0 Å². The first-order valence-corrected chi connectivity index (χ1v) is 59.8. The van der Waals surface area contributed by atoms with Gasteiger partial charge in [-0.1, -0.05) is 391 Å². The molecule has 13 aliphatic rings. The van der Waals surface area contributed by atoms with Crippen LogP contribution in [0.2, 0.25) is 0 Å². The van der Waals surface area contributed by atoms with Crippen LogP contribution in [-0.4, -0.2) is 33.2 Å². The maximum atomic E-state index is 4.34. The Bertz CT molecular complexity index is 1950. The molecule has 13 rings (SSSR count). The molecule has 838 valence electrons. The molecule has 12 heteroatoms. The molecule has 6 nitrogen and oxygen atoms in total. The number of hydrogen-bond acceptors (Lipinski definition) is 6. The Morgan fingerprint density at radius 3 is 0.471 bits per heavy atom. The van der Waals surface area contributed by atoms with E-state index in [0.717, 1.165) is 82.9 Å². The van der Waals surface area contributed by atoms with Gasteiger partial charge in [-0.05, 0) is 71.0 Å². The second-order valence-corrected chi connectivity index (χ2v) is 49.0. The van der Waals surface area contributed by atoms with Gasteiger partial charge in [0.15, 0.2) is 0 Å². The summed E-state index contributed by atoms with van der Waals surface area (Å²) in [7, 11) is 0. The Hall–Kier alpha value is 2.93. The van der Waals surface area contributed by atoms with Crippen molar-refractivity contribution in [3.05, 3.63) is 89.1 Å². The smallest absolute Gasteiger partial charge is 0.358 e. The minimum Gasteiger partial charge on any atom is -0.358 e. The second kappa shape index (κ2) is 115. The number of nitrogens with zero attached hydrogens (tertiary/aromatic N) is 6. The van der Waals surface area contributed by atoms with Gasteiger partial charge in [-0.25, -0.2) is 0 Å². The normalized spacial score (nSPS) is 20.7. The SMILES string of the molecule is CC(C)C(C)(C)[N]=[Mo].CC(C)CC(C)(C)[N]=[Mo].CC1CCC1(C)[N]=[Mo].CC1CCCC1.CC1CCCC1.CC1CCCC1.CC1CCCC1.CC1CCCC1.CC1CCCC1.CC1CCCC1.CC1CCCC1.CC1CCCC1.CC1CCCC1.CC1CCCC1.CC1CCCC1.CCCC(C)(CC)[N]=[Mo].CCCC(C)(CC)[N]=[Mo].CCCCC(C)(C)[N]=[Mo].[CH3-].[CH3-].[CH3-].[CH3-].[CH3-].[CH3-].[CH3-].[CH3-].[CH3-].[CH3-].[CH3-].[CH3-]. The number of hydrogen-bond donors (Lipinski definition) is 0. The summed E-state index contributed by atoms with van der Waals surface area (Å²) in [5.74, 6) is 14.8. The summed E-state index contributed by atoms with van der Waals surface area (Å²) in [6.07, 6.45) is 86.3. The van der Waals surface area contributed by atoms with Crippen LogP contribution in [0.5, 0.6) is 0 Å². The van der Waals surface area contributed by atoms with E-state index >= 15 is 0 Å². The van der Waals surface area contributed by atoms with Crippen molar-refractivity contribution in [3.63, 3.8) is 0 Å². The molecule has 13 fully saturated rings. The minimum atomic E-state index is 0. The molecule has 0 saturated heterocycles. The van der Waals surface area contributed by atoms with Gasteiger partial charge >= 0.3 is 398 Å². The van der Waals surface area contributed by atoms with Gasteiger partial charge < -0.3 is 89.1 Å². The predicted octanol–water partition coefficient (Wildman–Crippen LogP) is 46.4. The summed E-state index contributed by atoms with van der Waals surface area (Å²) < 4.78 is 25.8. The van der Waals surface area contributed by atoms with Crippen molar-refractivity contribution < 1.29 is 118 Å². The Morgan fingerprint density at radius 1 is 0.250 bits per heavy atom. The summed E-state index contributed by atoms with van der Waals surface area (Å²) in [4.78, 5) is 0. The van der Waals surface area contributed by atoms with Gasteiger partial charge in [0.2, 0.25) is 0 Å². The molecule has 4 atom stereocenters. The van der Waals surface area contributed by atoms with Gasteiger partial charge in [-0.3, -0.25) is 0 Å². The van der Waals surface area contributed by atoms with Crippen molar-refractivity contribution in [1.82, 2.24) is 0 Å². The molecule has 0 aromatic rings. The average Bonchev–Trinajstić information content (AvgIpc) is 1.80. The predicted molar refractivity (Wildman–Crippen MR) is 613 cm³/mol. The molecule has 0 bridgehead atoms. The van der Waals surface area contributed by atoms with E-state index in [2.05, 4.69) is 236 Å². The van der Waals surface area contributed by atoms with Gasteiger partial charge in [0.1, 0.15) is 0 Å². The van der Waals surface area contributed by atoms with Crippen LogP contribution in [0.3, 0.4) is 0 Å². The van der Waals surface area contributed by atoms with E-state index < -0.39 is 0 Å². The third-order valence-corrected chi connectivity index (χ3v) is 36.6. The summed E-state index contributed by atoms with van der Waals surface area (Å²) in [5, 5.41) is 0. The Kier molecular flexibility index (Phi) is 150. The summed E-state index contributed by atoms with van der Waals surface area (Å²) in [5.41, 5.74) is 1.46. The molecule has 13 aliphatic carbocycles. The van der Waals surface area contributed by atoms with Gasteiger partial charge in [0.25, 0.3) is 0 Å². The summed E-state index contributed by atoms with van der Waals surface area (Å²) in [6, 6.07) is 0. The topological polar surface area (TPSA) is 74.2 Å². The number of unbranched alkanes of at least 4 members (excludes halogenated alkanes) is 1. The van der Waals surface area contributed by atoms with Crippen molar-refractivity contribution in [2.24, 2.45) is 110 Å². The molecule has 0 aromatic heterocycles. The van der Waals surface area contributed by atoms with Crippen LogP contribution in [0, 0.1) is 178 Å². The standard InChI is InChI=1S/4C7H15N.C6H11N.C6H13N.12C6H12.12CH3.6Mo/c1-6(2)5-7(3,4)8;1-4-5-6-7(2,3)8;2*1-4-6-7(3,8)5-2;1-5-3-4-6(5,2)7;1-5(2)6(3,4)7;12*1-6-4-2-3-5-6;;;;;;;;;;;;;;;;;;/h6H,5H2,1-4H3;3*4-6H2,1-3H3;5H,3-4H2,1-2H3;5H,1-4H3;12*6H,2-5H2,1H3;12*1H3;;;;;;/q;;;;;;;;;;;;;;;;;;12*-1;;;;;;. The van der Waals surface area contributed by atoms with Gasteiger partial charge in [0, 0.05) is 0 Å². The van der Waals surface area contributed by atoms with Crippen LogP contribution in [0.25, 0.3) is 0 Å². The summed E-state index contributed by atoms with van der Waals surface area (Å²) >= 11 is 11.0. The van der Waals surface area contributed by atoms with Gasteiger partial charge in [-0.2, -0.15) is 0 Å². The van der Waals surface area contributed by atoms with E-state index in [-0.39, 0.29) is 117 Å². The van der Waals surface area contributed by atoms with Crippen molar-refractivity contribution in [1.29, 1.82) is 0 Å². The fraction of sp³-hybridized carbons (Fsp3) is 0.903. The Balaban J connectivity index is -0.0000000732. The zero-order valence-electron chi connectivity index (χ0n) is 102. The van der Waals surface area contributed by atoms with E-state index in [1.807, 2.05) is 118 Å². The first-order valence-electron chi connectivity index (χ1n) is 54.5. The van der Waals surface area contributed by atoms with Crippen LogP contribution < -0.4 is 0 Å². The van der Waals surface area contributed by atoms with Crippen molar-refractivity contribution >= 4 is 0 Å². The molecule has 0 amide bonds. The third-order valence-electron chi connectivity index (χ3n) is 29.8. The van der Waals surface area contributed by atoms with Gasteiger partial charge in [0.05, 0.1) is 0 Å².